The Balaban J connectivity index is 1.31. The molecule has 0 saturated heterocycles. The van der Waals surface area contributed by atoms with Gasteiger partial charge < -0.3 is 34.3 Å². The Hall–Kier alpha value is -4.38. The molecule has 5 aliphatic rings. The van der Waals surface area contributed by atoms with Crippen LogP contribution in [-0.2, 0) is 25.7 Å². The third-order valence-electron chi connectivity index (χ3n) is 8.56. The summed E-state index contributed by atoms with van der Waals surface area (Å²) >= 11 is 0. The minimum absolute atomic E-state index is 0.0164. The highest BCUT2D eigenvalue weighted by Crippen LogP contribution is 2.55. The molecule has 5 aliphatic heterocycles. The van der Waals surface area contributed by atoms with Crippen molar-refractivity contribution in [1.29, 1.82) is 0 Å². The lowest BCUT2D eigenvalue weighted by Crippen LogP contribution is -2.32. The van der Waals surface area contributed by atoms with E-state index in [1.54, 1.807) is 14.2 Å². The van der Waals surface area contributed by atoms with Gasteiger partial charge in [-0.25, -0.2) is 0 Å². The van der Waals surface area contributed by atoms with E-state index in [1.807, 2.05) is 18.2 Å². The average molecular weight is 547 g/mol. The van der Waals surface area contributed by atoms with Gasteiger partial charge in [-0.2, -0.15) is 0 Å². The summed E-state index contributed by atoms with van der Waals surface area (Å²) in [6.07, 6.45) is 3.30. The highest BCUT2D eigenvalue weighted by atomic mass is 16.6. The molecule has 5 heterocycles. The maximum atomic E-state index is 6.78. The number of fused-ring (bicyclic) bond motifs is 1. The minimum atomic E-state index is 0.0164. The van der Waals surface area contributed by atoms with Crippen LogP contribution in [0.1, 0.15) is 45.5 Å². The molecular weight excluding hydrogens is 516 g/mol. The standard InChI is InChI=1S/C34H30N2O5/c1-37-27-8-5-20-14-25-24-18-30-29(16-21(24)9-11-35-25)40-33-31(38-2)17-22-10-12-36-26(32(22)34(33)41-30)13-19-3-6-23(7-4-19)39-28(27)15-20/h3,5-6,8,15-18,25-26,35-36H,9-14H2,1-2H3/t25-,26?/m0/s1. The van der Waals surface area contributed by atoms with Crippen LogP contribution in [-0.4, -0.2) is 27.3 Å². The predicted molar refractivity (Wildman–Crippen MR) is 153 cm³/mol. The molecule has 0 fully saturated rings. The maximum Gasteiger partial charge on any atom is 0.212 e. The van der Waals surface area contributed by atoms with Crippen LogP contribution in [0.4, 0.5) is 0 Å². The van der Waals surface area contributed by atoms with Gasteiger partial charge >= 0.3 is 0 Å². The topological polar surface area (TPSA) is 70.2 Å². The van der Waals surface area contributed by atoms with Crippen LogP contribution >= 0.6 is 0 Å². The van der Waals surface area contributed by atoms with E-state index in [9.17, 15) is 0 Å². The van der Waals surface area contributed by atoms with E-state index in [0.29, 0.717) is 35.2 Å². The second-order valence-corrected chi connectivity index (χ2v) is 11.0. The molecule has 206 valence electrons. The normalized spacial score (nSPS) is 19.6. The van der Waals surface area contributed by atoms with Crippen LogP contribution < -0.4 is 34.3 Å². The van der Waals surface area contributed by atoms with Crippen molar-refractivity contribution in [2.45, 2.75) is 37.8 Å². The van der Waals surface area contributed by atoms with E-state index in [0.717, 1.165) is 66.3 Å². The Morgan fingerprint density at radius 2 is 1.51 bits per heavy atom. The number of methoxy groups -OCH3 is 2. The lowest BCUT2D eigenvalue weighted by atomic mass is 9.88. The first kappa shape index (κ1) is 24.4. The first-order valence-electron chi connectivity index (χ1n) is 14.2. The van der Waals surface area contributed by atoms with Gasteiger partial charge in [-0.05, 0) is 110 Å². The summed E-state index contributed by atoms with van der Waals surface area (Å²) in [6.45, 7) is 1.74. The molecule has 7 heteroatoms. The molecule has 41 heavy (non-hydrogen) atoms. The Morgan fingerprint density at radius 3 is 2.34 bits per heavy atom. The first-order valence-corrected chi connectivity index (χ1v) is 14.2. The molecule has 0 saturated carbocycles. The van der Waals surface area contributed by atoms with Crippen LogP contribution in [0.15, 0.2) is 48.5 Å². The summed E-state index contributed by atoms with van der Waals surface area (Å²) in [4.78, 5) is 0. The van der Waals surface area contributed by atoms with E-state index >= 15 is 0 Å². The Morgan fingerprint density at radius 1 is 0.707 bits per heavy atom. The van der Waals surface area contributed by atoms with Crippen molar-refractivity contribution in [3.63, 3.8) is 0 Å². The van der Waals surface area contributed by atoms with Crippen molar-refractivity contribution in [3.05, 3.63) is 94.0 Å². The van der Waals surface area contributed by atoms with Crippen molar-refractivity contribution in [2.24, 2.45) is 0 Å². The van der Waals surface area contributed by atoms with Crippen LogP contribution in [0, 0.1) is 12.1 Å². The van der Waals surface area contributed by atoms with Crippen molar-refractivity contribution in [3.8, 4) is 46.0 Å². The lowest BCUT2D eigenvalue weighted by molar-refractivity contribution is 0.318. The smallest absolute Gasteiger partial charge is 0.212 e. The fourth-order valence-electron chi connectivity index (χ4n) is 6.57. The number of nitrogens with one attached hydrogen (secondary N) is 2. The molecule has 0 aliphatic carbocycles. The Labute approximate surface area is 239 Å². The third kappa shape index (κ3) is 4.14. The highest BCUT2D eigenvalue weighted by Gasteiger charge is 2.35. The number of rotatable bonds is 2. The number of benzene rings is 3. The first-order chi connectivity index (χ1) is 20.2. The molecular formula is C34H30N2O5. The third-order valence-corrected chi connectivity index (χ3v) is 8.56. The fraction of sp³-hybridized carbons (Fsp3) is 0.294. The zero-order valence-electron chi connectivity index (χ0n) is 23.1. The SMILES string of the molecule is COc1ccc2cc1Oc1c#cc(cc1)CC1NCCc3cc(OC)c4c(c31)Oc1cc3c(cc1O4)CCN[C@H]3C2. The quantitative estimate of drug-likeness (QED) is 0.275. The van der Waals surface area contributed by atoms with Gasteiger partial charge in [-0.1, -0.05) is 12.1 Å². The van der Waals surface area contributed by atoms with Crippen LogP contribution in [0.5, 0.6) is 46.0 Å². The van der Waals surface area contributed by atoms with Crippen LogP contribution in [0.3, 0.4) is 0 Å². The van der Waals surface area contributed by atoms with Gasteiger partial charge in [0.15, 0.2) is 40.2 Å². The molecule has 0 spiro atoms. The fourth-order valence-corrected chi connectivity index (χ4v) is 6.57. The number of hydrogen-bond donors (Lipinski definition) is 2. The maximum absolute atomic E-state index is 6.78. The highest BCUT2D eigenvalue weighted by molar-refractivity contribution is 5.67. The Kier molecular flexibility index (Phi) is 5.73. The molecule has 0 aromatic heterocycles. The van der Waals surface area contributed by atoms with E-state index in [2.05, 4.69) is 53.1 Å². The largest absolute Gasteiger partial charge is 0.493 e. The summed E-state index contributed by atoms with van der Waals surface area (Å²) in [5, 5.41) is 7.42. The summed E-state index contributed by atoms with van der Waals surface area (Å²) < 4.78 is 31.1. The summed E-state index contributed by atoms with van der Waals surface area (Å²) in [5.74, 6) is 5.46. The molecule has 1 unspecified atom stereocenters. The van der Waals surface area contributed by atoms with E-state index in [-0.39, 0.29) is 12.1 Å². The van der Waals surface area contributed by atoms with Crippen LogP contribution in [0.25, 0.3) is 0 Å². The van der Waals surface area contributed by atoms with Gasteiger partial charge in [0.1, 0.15) is 0 Å². The number of hydrogen-bond acceptors (Lipinski definition) is 7. The minimum Gasteiger partial charge on any atom is -0.493 e. The van der Waals surface area contributed by atoms with Crippen molar-refractivity contribution < 1.29 is 23.7 Å². The van der Waals surface area contributed by atoms with Gasteiger partial charge in [0.05, 0.1) is 14.2 Å². The second kappa shape index (κ2) is 9.62. The predicted octanol–water partition coefficient (Wildman–Crippen LogP) is 6.17. The molecule has 4 aromatic carbocycles. The molecule has 0 radical (unpaired) electrons. The van der Waals surface area contributed by atoms with E-state index < -0.39 is 0 Å². The van der Waals surface area contributed by atoms with Crippen molar-refractivity contribution in [2.75, 3.05) is 27.3 Å². The zero-order chi connectivity index (χ0) is 27.5. The molecule has 7 bridgehead atoms. The summed E-state index contributed by atoms with van der Waals surface area (Å²) in [7, 11) is 3.35. The van der Waals surface area contributed by atoms with E-state index in [1.165, 1.54) is 16.7 Å². The van der Waals surface area contributed by atoms with Gasteiger partial charge in [-0.3, -0.25) is 0 Å². The molecule has 0 amide bonds. The lowest BCUT2D eigenvalue weighted by Gasteiger charge is -2.34. The van der Waals surface area contributed by atoms with Crippen molar-refractivity contribution >= 4 is 0 Å². The summed E-state index contributed by atoms with van der Waals surface area (Å²) in [6, 6.07) is 23.2. The van der Waals surface area contributed by atoms with Gasteiger partial charge in [0, 0.05) is 23.2 Å². The molecule has 2 atom stereocenters. The van der Waals surface area contributed by atoms with Gasteiger partial charge in [0.2, 0.25) is 5.75 Å². The molecule has 7 nitrogen and oxygen atoms in total. The van der Waals surface area contributed by atoms with E-state index in [4.69, 9.17) is 23.7 Å². The van der Waals surface area contributed by atoms with Gasteiger partial charge in [0.25, 0.3) is 0 Å². The van der Waals surface area contributed by atoms with Gasteiger partial charge in [-0.15, -0.1) is 0 Å². The Bertz CT molecular complexity index is 1670. The van der Waals surface area contributed by atoms with Crippen LogP contribution in [0.2, 0.25) is 0 Å². The van der Waals surface area contributed by atoms with Crippen molar-refractivity contribution in [1.82, 2.24) is 10.6 Å². The summed E-state index contributed by atoms with van der Waals surface area (Å²) in [5.41, 5.74) is 6.97. The molecule has 9 rings (SSSR count). The average Bonchev–Trinajstić information content (AvgIpc) is 3.00. The monoisotopic (exact) mass is 546 g/mol. The molecule has 4 aromatic rings. The second-order valence-electron chi connectivity index (χ2n) is 11.0. The number of ether oxygens (including phenoxy) is 5. The zero-order valence-corrected chi connectivity index (χ0v) is 23.1. The molecule has 2 N–H and O–H groups in total.